The van der Waals surface area contributed by atoms with Crippen molar-refractivity contribution in [1.29, 1.82) is 0 Å². The second kappa shape index (κ2) is 8.21. The van der Waals surface area contributed by atoms with Crippen LogP contribution in [0.5, 0.6) is 0 Å². The first-order chi connectivity index (χ1) is 12.5. The van der Waals surface area contributed by atoms with Crippen molar-refractivity contribution in [3.8, 4) is 11.3 Å². The molecule has 0 fully saturated rings. The van der Waals surface area contributed by atoms with Crippen LogP contribution in [-0.2, 0) is 17.1 Å². The van der Waals surface area contributed by atoms with Crippen molar-refractivity contribution in [2.75, 3.05) is 0 Å². The lowest BCUT2D eigenvalue weighted by Crippen LogP contribution is -2.29. The van der Waals surface area contributed by atoms with Crippen molar-refractivity contribution < 1.29 is 4.79 Å². The second-order valence-electron chi connectivity index (χ2n) is 5.56. The van der Waals surface area contributed by atoms with Gasteiger partial charge in [-0.1, -0.05) is 71.9 Å². The lowest BCUT2D eigenvalue weighted by atomic mass is 10.1. The number of carbonyl (C=O) groups excluding carboxylic acids is 1. The Labute approximate surface area is 159 Å². The zero-order valence-electron chi connectivity index (χ0n) is 13.8. The number of thioether (sulfide) groups is 1. The van der Waals surface area contributed by atoms with Crippen LogP contribution in [0, 0.1) is 0 Å². The minimum absolute atomic E-state index is 0.217. The highest BCUT2D eigenvalue weighted by Gasteiger charge is 2.13. The smallest absolute Gasteiger partial charge is 0.255 e. The summed E-state index contributed by atoms with van der Waals surface area (Å²) in [6.45, 7) is -0.217. The number of amides is 1. The number of benzene rings is 2. The zero-order valence-corrected chi connectivity index (χ0v) is 15.3. The van der Waals surface area contributed by atoms with Gasteiger partial charge in [0.25, 0.3) is 5.56 Å². The van der Waals surface area contributed by atoms with E-state index in [2.05, 4.69) is 4.98 Å². The second-order valence-corrected chi connectivity index (χ2v) is 6.91. The Bertz CT molecular complexity index is 990. The topological polar surface area (TPSA) is 78.0 Å². The summed E-state index contributed by atoms with van der Waals surface area (Å²) in [6.07, 6.45) is 0. The molecule has 0 saturated heterocycles. The Morgan fingerprint density at radius 1 is 1.12 bits per heavy atom. The molecule has 0 saturated carbocycles. The Hall–Kier alpha value is -2.57. The summed E-state index contributed by atoms with van der Waals surface area (Å²) in [5.41, 5.74) is 7.27. The molecular formula is C19H16ClN3O2S. The molecule has 1 aromatic heterocycles. The first-order valence-corrected chi connectivity index (χ1v) is 9.23. The molecule has 3 rings (SSSR count). The van der Waals surface area contributed by atoms with Crippen LogP contribution in [0.15, 0.2) is 70.6 Å². The van der Waals surface area contributed by atoms with E-state index in [1.54, 1.807) is 0 Å². The standard InChI is InChI=1S/C19H16ClN3O2S/c20-15-9-5-4-8-14(15)12-26-19-22-16(13-6-2-1-3-7-13)10-18(25)23(19)11-17(21)24/h1-10H,11-12H2,(H2,21,24). The predicted molar refractivity (Wildman–Crippen MR) is 104 cm³/mol. The monoisotopic (exact) mass is 385 g/mol. The zero-order chi connectivity index (χ0) is 18.5. The van der Waals surface area contributed by atoms with Crippen LogP contribution in [0.25, 0.3) is 11.3 Å². The number of rotatable bonds is 6. The van der Waals surface area contributed by atoms with E-state index in [4.69, 9.17) is 17.3 Å². The van der Waals surface area contributed by atoms with Gasteiger partial charge in [0, 0.05) is 22.4 Å². The molecule has 0 bridgehead atoms. The summed E-state index contributed by atoms with van der Waals surface area (Å²) in [6, 6.07) is 18.3. The minimum atomic E-state index is -0.596. The number of hydrogen-bond donors (Lipinski definition) is 1. The van der Waals surface area contributed by atoms with Crippen molar-refractivity contribution in [3.05, 3.63) is 81.6 Å². The predicted octanol–water partition coefficient (Wildman–Crippen LogP) is 3.34. The van der Waals surface area contributed by atoms with E-state index in [0.29, 0.717) is 21.6 Å². The van der Waals surface area contributed by atoms with Gasteiger partial charge in [-0.15, -0.1) is 0 Å². The molecule has 0 unspecified atom stereocenters. The molecular weight excluding hydrogens is 370 g/mol. The van der Waals surface area contributed by atoms with Crippen LogP contribution < -0.4 is 11.3 Å². The molecule has 0 spiro atoms. The Kier molecular flexibility index (Phi) is 5.75. The van der Waals surface area contributed by atoms with E-state index in [0.717, 1.165) is 11.1 Å². The molecule has 3 aromatic rings. The van der Waals surface area contributed by atoms with E-state index < -0.39 is 5.91 Å². The number of carbonyl (C=O) groups is 1. The molecule has 2 N–H and O–H groups in total. The molecule has 1 heterocycles. The van der Waals surface area contributed by atoms with Gasteiger partial charge in [-0.2, -0.15) is 0 Å². The maximum atomic E-state index is 12.5. The highest BCUT2D eigenvalue weighted by molar-refractivity contribution is 7.98. The van der Waals surface area contributed by atoms with E-state index in [1.807, 2.05) is 54.6 Å². The molecule has 1 amide bonds. The molecule has 0 aliphatic heterocycles. The fraction of sp³-hybridized carbons (Fsp3) is 0.105. The first kappa shape index (κ1) is 18.2. The van der Waals surface area contributed by atoms with Crippen molar-refractivity contribution >= 4 is 29.3 Å². The molecule has 7 heteroatoms. The van der Waals surface area contributed by atoms with Gasteiger partial charge in [-0.25, -0.2) is 4.98 Å². The van der Waals surface area contributed by atoms with Crippen LogP contribution in [0.1, 0.15) is 5.56 Å². The first-order valence-electron chi connectivity index (χ1n) is 7.86. The maximum Gasteiger partial charge on any atom is 0.255 e. The lowest BCUT2D eigenvalue weighted by molar-refractivity contribution is -0.118. The van der Waals surface area contributed by atoms with Gasteiger partial charge in [0.1, 0.15) is 6.54 Å². The van der Waals surface area contributed by atoms with Crippen molar-refractivity contribution in [2.45, 2.75) is 17.5 Å². The summed E-state index contributed by atoms with van der Waals surface area (Å²) in [5.74, 6) is -0.0794. The highest BCUT2D eigenvalue weighted by Crippen LogP contribution is 2.26. The molecule has 0 radical (unpaired) electrons. The van der Waals surface area contributed by atoms with Crippen molar-refractivity contribution in [3.63, 3.8) is 0 Å². The third kappa shape index (κ3) is 4.33. The third-order valence-corrected chi connectivity index (χ3v) is 5.07. The van der Waals surface area contributed by atoms with Crippen LogP contribution >= 0.6 is 23.4 Å². The number of primary amides is 1. The van der Waals surface area contributed by atoms with Gasteiger partial charge in [-0.05, 0) is 11.6 Å². The molecule has 2 aromatic carbocycles. The SMILES string of the molecule is NC(=O)Cn1c(SCc2ccccc2Cl)nc(-c2ccccc2)cc1=O. The fourth-order valence-corrected chi connectivity index (χ4v) is 3.70. The lowest BCUT2D eigenvalue weighted by Gasteiger charge is -2.12. The average Bonchev–Trinajstić information content (AvgIpc) is 2.63. The summed E-state index contributed by atoms with van der Waals surface area (Å²) in [4.78, 5) is 28.5. The van der Waals surface area contributed by atoms with E-state index >= 15 is 0 Å². The normalized spacial score (nSPS) is 10.7. The van der Waals surface area contributed by atoms with Crippen LogP contribution in [-0.4, -0.2) is 15.5 Å². The summed E-state index contributed by atoms with van der Waals surface area (Å²) >= 11 is 7.54. The molecule has 0 atom stereocenters. The molecule has 0 aliphatic carbocycles. The quantitative estimate of drug-likeness (QED) is 0.521. The van der Waals surface area contributed by atoms with Gasteiger partial charge >= 0.3 is 0 Å². The molecule has 26 heavy (non-hydrogen) atoms. The Balaban J connectivity index is 1.99. The molecule has 5 nitrogen and oxygen atoms in total. The summed E-state index contributed by atoms with van der Waals surface area (Å²) in [5, 5.41) is 1.07. The van der Waals surface area contributed by atoms with E-state index in [1.165, 1.54) is 22.4 Å². The molecule has 0 aliphatic rings. The minimum Gasteiger partial charge on any atom is -0.368 e. The van der Waals surface area contributed by atoms with Crippen molar-refractivity contribution in [2.24, 2.45) is 5.73 Å². The number of aromatic nitrogens is 2. The van der Waals surface area contributed by atoms with Crippen molar-refractivity contribution in [1.82, 2.24) is 9.55 Å². The van der Waals surface area contributed by atoms with Gasteiger partial charge in [0.05, 0.1) is 5.69 Å². The van der Waals surface area contributed by atoms with Gasteiger partial charge in [0.2, 0.25) is 5.91 Å². The van der Waals surface area contributed by atoms with Crippen LogP contribution in [0.4, 0.5) is 0 Å². The summed E-state index contributed by atoms with van der Waals surface area (Å²) < 4.78 is 1.29. The maximum absolute atomic E-state index is 12.5. The highest BCUT2D eigenvalue weighted by atomic mass is 35.5. The Morgan fingerprint density at radius 2 is 1.81 bits per heavy atom. The van der Waals surface area contributed by atoms with Gasteiger partial charge in [-0.3, -0.25) is 14.2 Å². The molecule has 132 valence electrons. The van der Waals surface area contributed by atoms with E-state index in [9.17, 15) is 9.59 Å². The number of nitrogens with two attached hydrogens (primary N) is 1. The van der Waals surface area contributed by atoms with Gasteiger partial charge in [0.15, 0.2) is 5.16 Å². The van der Waals surface area contributed by atoms with E-state index in [-0.39, 0.29) is 12.1 Å². The number of halogens is 1. The Morgan fingerprint density at radius 3 is 2.50 bits per heavy atom. The van der Waals surface area contributed by atoms with Crippen LogP contribution in [0.3, 0.4) is 0 Å². The third-order valence-electron chi connectivity index (χ3n) is 3.67. The van der Waals surface area contributed by atoms with Crippen LogP contribution in [0.2, 0.25) is 5.02 Å². The van der Waals surface area contributed by atoms with Gasteiger partial charge < -0.3 is 5.73 Å². The number of hydrogen-bond acceptors (Lipinski definition) is 4. The largest absolute Gasteiger partial charge is 0.368 e. The number of nitrogens with zero attached hydrogens (tertiary/aromatic N) is 2. The summed E-state index contributed by atoms with van der Waals surface area (Å²) in [7, 11) is 0. The fourth-order valence-electron chi connectivity index (χ4n) is 2.41. The average molecular weight is 386 g/mol.